The van der Waals surface area contributed by atoms with Gasteiger partial charge in [0.05, 0.1) is 22.9 Å². The van der Waals surface area contributed by atoms with Crippen LogP contribution in [0.4, 0.5) is 0 Å². The van der Waals surface area contributed by atoms with Crippen molar-refractivity contribution in [3.8, 4) is 0 Å². The second-order valence-electron chi connectivity index (χ2n) is 8.78. The number of carbonyl (C=O) groups is 2. The number of imidazole rings is 1. The molecular weight excluding hydrogens is 618 g/mol. The molecule has 7 nitrogen and oxygen atoms in total. The van der Waals surface area contributed by atoms with Crippen molar-refractivity contribution >= 4 is 61.3 Å². The number of aliphatic hydroxyl groups is 1. The standard InChI is InChI=1S/C24H24BrN3O4S2.BrH/c1-12-17(20(24(31)32)28-19(12)18(13(2)29)21(28)30)16-10-27-11-26(22(33-3)23(27)34-16)9-15-7-5-4-6-14(15)8-25;/h4-7,10-13,18-19,29H,8-9H2,1-3H3;1H/t12-,13+,18+,19+;/m0./s1. The highest BCUT2D eigenvalue weighted by atomic mass is 79.9. The molecular formula is C24H25Br2N3O4S2. The SMILES string of the molecule is CSc1c2sc(C3=C(C(=O)O)N4C(=O)[C@H]([C@@H](C)O)[C@H]4[C@H]3C)cn2c[n+]1Cc1ccccc1CBr.[Br-]. The first-order chi connectivity index (χ1) is 16.3. The Hall–Kier alpha value is -1.66. The normalized spacial score (nSPS) is 22.3. The molecule has 4 heterocycles. The van der Waals surface area contributed by atoms with Crippen molar-refractivity contribution < 1.29 is 41.4 Å². The van der Waals surface area contributed by atoms with E-state index in [1.165, 1.54) is 16.0 Å². The zero-order chi connectivity index (χ0) is 24.3. The number of carboxylic acids is 1. The summed E-state index contributed by atoms with van der Waals surface area (Å²) in [6.45, 7) is 4.28. The Morgan fingerprint density at radius 2 is 2.00 bits per heavy atom. The first kappa shape index (κ1) is 26.4. The van der Waals surface area contributed by atoms with Crippen molar-refractivity contribution in [1.29, 1.82) is 0 Å². The minimum atomic E-state index is -1.11. The van der Waals surface area contributed by atoms with E-state index in [0.29, 0.717) is 5.57 Å². The van der Waals surface area contributed by atoms with Crippen LogP contribution in [0, 0.1) is 11.8 Å². The molecule has 2 aliphatic heterocycles. The molecule has 1 fully saturated rings. The minimum Gasteiger partial charge on any atom is -1.00 e. The lowest BCUT2D eigenvalue weighted by atomic mass is 9.77. The van der Waals surface area contributed by atoms with E-state index >= 15 is 0 Å². The summed E-state index contributed by atoms with van der Waals surface area (Å²) in [5, 5.41) is 22.0. The van der Waals surface area contributed by atoms with Crippen molar-refractivity contribution in [3.05, 3.63) is 58.5 Å². The topological polar surface area (TPSA) is 86.1 Å². The summed E-state index contributed by atoms with van der Waals surface area (Å²) in [5.41, 5.74) is 3.21. The number of β-lactam (4-membered cyclic amide) rings is 1. The number of aromatic nitrogens is 2. The van der Waals surface area contributed by atoms with Gasteiger partial charge in [-0.3, -0.25) is 4.79 Å². The van der Waals surface area contributed by atoms with Gasteiger partial charge in [0.1, 0.15) is 18.4 Å². The van der Waals surface area contributed by atoms with Gasteiger partial charge in [-0.15, -0.1) is 0 Å². The molecule has 2 aromatic heterocycles. The van der Waals surface area contributed by atoms with E-state index in [9.17, 15) is 19.8 Å². The Morgan fingerprint density at radius 1 is 1.31 bits per heavy atom. The van der Waals surface area contributed by atoms with Crippen molar-refractivity contribution in [2.45, 2.75) is 42.9 Å². The Morgan fingerprint density at radius 3 is 2.60 bits per heavy atom. The number of amides is 1. The molecule has 1 amide bonds. The van der Waals surface area contributed by atoms with Crippen LogP contribution in [-0.4, -0.2) is 49.8 Å². The van der Waals surface area contributed by atoms with Crippen molar-refractivity contribution in [2.24, 2.45) is 11.8 Å². The van der Waals surface area contributed by atoms with Gasteiger partial charge in [-0.25, -0.2) is 9.36 Å². The summed E-state index contributed by atoms with van der Waals surface area (Å²) >= 11 is 6.77. The summed E-state index contributed by atoms with van der Waals surface area (Å²) in [6.07, 6.45) is 5.24. The predicted molar refractivity (Wildman–Crippen MR) is 135 cm³/mol. The molecule has 11 heteroatoms. The molecule has 0 spiro atoms. The van der Waals surface area contributed by atoms with Gasteiger partial charge in [0, 0.05) is 16.8 Å². The number of thiazole rings is 1. The first-order valence-electron chi connectivity index (χ1n) is 11.0. The first-order valence-corrected chi connectivity index (χ1v) is 14.1. The molecule has 0 unspecified atom stereocenters. The molecule has 0 radical (unpaired) electrons. The highest BCUT2D eigenvalue weighted by Gasteiger charge is 2.60. The Balaban J connectivity index is 0.00000289. The number of hydrogen-bond acceptors (Lipinski definition) is 5. The molecule has 5 rings (SSSR count). The Kier molecular flexibility index (Phi) is 7.55. The fourth-order valence-corrected chi connectivity index (χ4v) is 8.02. The summed E-state index contributed by atoms with van der Waals surface area (Å²) in [7, 11) is 0. The number of nitrogens with zero attached hydrogens (tertiary/aromatic N) is 3. The third kappa shape index (κ3) is 4.09. The molecule has 0 bridgehead atoms. The van der Waals surface area contributed by atoms with Crippen LogP contribution in [-0.2, 0) is 21.5 Å². The van der Waals surface area contributed by atoms with Crippen LogP contribution in [0.15, 0.2) is 47.5 Å². The van der Waals surface area contributed by atoms with Gasteiger partial charge >= 0.3 is 5.97 Å². The van der Waals surface area contributed by atoms with E-state index < -0.39 is 18.0 Å². The number of aliphatic hydroxyl groups excluding tert-OH is 1. The molecule has 4 atom stereocenters. The molecule has 0 aliphatic carbocycles. The largest absolute Gasteiger partial charge is 1.00 e. The van der Waals surface area contributed by atoms with Crippen molar-refractivity contribution in [3.63, 3.8) is 0 Å². The second kappa shape index (κ2) is 10.0. The summed E-state index contributed by atoms with van der Waals surface area (Å²) in [6, 6.07) is 8.02. The molecule has 3 aromatic rings. The lowest BCUT2D eigenvalue weighted by molar-refractivity contribution is -0.721. The minimum absolute atomic E-state index is 0. The number of hydrogen-bond donors (Lipinski definition) is 2. The van der Waals surface area contributed by atoms with Gasteiger partial charge in [0.15, 0.2) is 0 Å². The third-order valence-electron chi connectivity index (χ3n) is 6.84. The highest BCUT2D eigenvalue weighted by Crippen LogP contribution is 2.51. The fraction of sp³-hybridized carbons (Fsp3) is 0.375. The maximum absolute atomic E-state index is 12.7. The maximum Gasteiger partial charge on any atom is 0.352 e. The lowest BCUT2D eigenvalue weighted by Crippen LogP contribution is -3.00. The van der Waals surface area contributed by atoms with E-state index in [1.807, 2.05) is 42.2 Å². The molecule has 186 valence electrons. The summed E-state index contributed by atoms with van der Waals surface area (Å²) < 4.78 is 4.26. The zero-order valence-corrected chi connectivity index (χ0v) is 24.1. The van der Waals surface area contributed by atoms with Crippen LogP contribution < -0.4 is 21.5 Å². The van der Waals surface area contributed by atoms with Crippen LogP contribution in [0.25, 0.3) is 10.4 Å². The maximum atomic E-state index is 12.7. The molecule has 35 heavy (non-hydrogen) atoms. The average Bonchev–Trinajstić information content (AvgIpc) is 3.41. The number of aliphatic carboxylic acids is 1. The van der Waals surface area contributed by atoms with Crippen LogP contribution in [0.1, 0.15) is 29.9 Å². The number of benzene rings is 1. The van der Waals surface area contributed by atoms with E-state index in [-0.39, 0.29) is 40.5 Å². The summed E-state index contributed by atoms with van der Waals surface area (Å²) in [5.74, 6) is -2.16. The van der Waals surface area contributed by atoms with Gasteiger partial charge < -0.3 is 32.1 Å². The van der Waals surface area contributed by atoms with Gasteiger partial charge in [-0.05, 0) is 24.3 Å². The van der Waals surface area contributed by atoms with Gasteiger partial charge in [0.25, 0.3) is 6.33 Å². The number of carbonyl (C=O) groups excluding carboxylic acids is 1. The number of halogens is 2. The van der Waals surface area contributed by atoms with Gasteiger partial charge in [-0.2, -0.15) is 4.40 Å². The summed E-state index contributed by atoms with van der Waals surface area (Å²) in [4.78, 5) is 28.1. The number of rotatable bonds is 7. The molecule has 2 aliphatic rings. The van der Waals surface area contributed by atoms with Crippen LogP contribution in [0.2, 0.25) is 0 Å². The molecule has 1 saturated heterocycles. The quantitative estimate of drug-likeness (QED) is 0.171. The highest BCUT2D eigenvalue weighted by molar-refractivity contribution is 9.08. The van der Waals surface area contributed by atoms with Crippen LogP contribution >= 0.6 is 39.0 Å². The van der Waals surface area contributed by atoms with Crippen molar-refractivity contribution in [2.75, 3.05) is 6.26 Å². The monoisotopic (exact) mass is 641 g/mol. The Labute approximate surface area is 230 Å². The number of thioether (sulfide) groups is 1. The van der Waals surface area contributed by atoms with E-state index in [1.54, 1.807) is 30.0 Å². The Bertz CT molecular complexity index is 1350. The number of carboxylic acid groups (broad SMARTS) is 1. The van der Waals surface area contributed by atoms with Crippen LogP contribution in [0.5, 0.6) is 0 Å². The number of fused-ring (bicyclic) bond motifs is 2. The van der Waals surface area contributed by atoms with Crippen molar-refractivity contribution in [1.82, 2.24) is 9.30 Å². The molecule has 1 aromatic carbocycles. The average molecular weight is 643 g/mol. The van der Waals surface area contributed by atoms with Gasteiger partial charge in [-0.1, -0.05) is 70.2 Å². The van der Waals surface area contributed by atoms with E-state index in [0.717, 1.165) is 26.6 Å². The van der Waals surface area contributed by atoms with E-state index in [2.05, 4.69) is 32.6 Å². The second-order valence-corrected chi connectivity index (χ2v) is 11.2. The third-order valence-corrected chi connectivity index (χ3v) is 9.53. The molecule has 2 N–H and O–H groups in total. The number of alkyl halides is 1. The van der Waals surface area contributed by atoms with Crippen LogP contribution in [0.3, 0.4) is 0 Å². The zero-order valence-electron chi connectivity index (χ0n) is 19.3. The van der Waals surface area contributed by atoms with E-state index in [4.69, 9.17) is 0 Å². The van der Waals surface area contributed by atoms with Gasteiger partial charge in [0.2, 0.25) is 15.8 Å². The molecule has 0 saturated carbocycles. The predicted octanol–water partition coefficient (Wildman–Crippen LogP) is 0.611. The fourth-order valence-electron chi connectivity index (χ4n) is 5.29. The lowest BCUT2D eigenvalue weighted by Gasteiger charge is -2.46. The smallest absolute Gasteiger partial charge is 0.352 e.